The number of anilines is 1. The highest BCUT2D eigenvalue weighted by Crippen LogP contribution is 2.25. The molecule has 2 aromatic rings. The van der Waals surface area contributed by atoms with E-state index in [2.05, 4.69) is 5.32 Å². The first-order valence-corrected chi connectivity index (χ1v) is 9.44. The van der Waals surface area contributed by atoms with E-state index < -0.39 is 5.97 Å². The normalized spacial score (nSPS) is 13.5. The largest absolute Gasteiger partial charge is 0.452 e. The number of carbonyl (C=O) groups excluding carboxylic acids is 3. The number of ether oxygens (including phenoxy) is 1. The van der Waals surface area contributed by atoms with E-state index in [4.69, 9.17) is 4.74 Å². The van der Waals surface area contributed by atoms with Crippen LogP contribution < -0.4 is 10.2 Å². The molecule has 0 aliphatic carbocycles. The molecule has 0 saturated carbocycles. The first kappa shape index (κ1) is 19.6. The van der Waals surface area contributed by atoms with Crippen LogP contribution in [-0.4, -0.2) is 37.5 Å². The van der Waals surface area contributed by atoms with Crippen LogP contribution in [0, 0.1) is 6.92 Å². The van der Waals surface area contributed by atoms with Gasteiger partial charge in [-0.15, -0.1) is 0 Å². The van der Waals surface area contributed by atoms with Crippen LogP contribution in [0.25, 0.3) is 0 Å². The molecule has 3 rings (SSSR count). The third-order valence-electron chi connectivity index (χ3n) is 4.80. The van der Waals surface area contributed by atoms with Gasteiger partial charge in [-0.05, 0) is 43.0 Å². The summed E-state index contributed by atoms with van der Waals surface area (Å²) in [5.74, 6) is -0.963. The van der Waals surface area contributed by atoms with E-state index in [1.165, 1.54) is 11.1 Å². The standard InChI is InChI=1S/C22H24N2O4/c1-16-7-2-3-8-17(16)12-13-23-20(25)15-28-22(27)18-9-4-5-10-19(18)24-14-6-11-21(24)26/h2-5,7-10H,6,11-15H2,1H3,(H,23,25). The Labute approximate surface area is 164 Å². The third kappa shape index (κ3) is 4.76. The van der Waals surface area contributed by atoms with Crippen LogP contribution in [0.15, 0.2) is 48.5 Å². The summed E-state index contributed by atoms with van der Waals surface area (Å²) in [4.78, 5) is 38.0. The molecule has 0 aromatic heterocycles. The first-order valence-electron chi connectivity index (χ1n) is 9.44. The number of nitrogens with zero attached hydrogens (tertiary/aromatic N) is 1. The van der Waals surface area contributed by atoms with Crippen molar-refractivity contribution < 1.29 is 19.1 Å². The Bertz CT molecular complexity index is 878. The molecular formula is C22H24N2O4. The molecule has 6 nitrogen and oxygen atoms in total. The monoisotopic (exact) mass is 380 g/mol. The van der Waals surface area contributed by atoms with Crippen molar-refractivity contribution in [3.63, 3.8) is 0 Å². The maximum atomic E-state index is 12.4. The Balaban J connectivity index is 1.51. The molecule has 1 fully saturated rings. The van der Waals surface area contributed by atoms with E-state index in [9.17, 15) is 14.4 Å². The highest BCUT2D eigenvalue weighted by Gasteiger charge is 2.26. The molecule has 0 spiro atoms. The van der Waals surface area contributed by atoms with Gasteiger partial charge in [-0.25, -0.2) is 4.79 Å². The number of aryl methyl sites for hydroxylation is 1. The Kier molecular flexibility index (Phi) is 6.42. The number of esters is 1. The van der Waals surface area contributed by atoms with E-state index >= 15 is 0 Å². The molecular weight excluding hydrogens is 356 g/mol. The minimum atomic E-state index is -0.607. The third-order valence-corrected chi connectivity index (χ3v) is 4.80. The van der Waals surface area contributed by atoms with Crippen LogP contribution in [0.1, 0.15) is 34.3 Å². The highest BCUT2D eigenvalue weighted by atomic mass is 16.5. The van der Waals surface area contributed by atoms with E-state index in [1.807, 2.05) is 31.2 Å². The maximum absolute atomic E-state index is 12.4. The van der Waals surface area contributed by atoms with Crippen LogP contribution in [0.2, 0.25) is 0 Å². The summed E-state index contributed by atoms with van der Waals surface area (Å²) in [7, 11) is 0. The quantitative estimate of drug-likeness (QED) is 0.750. The minimum Gasteiger partial charge on any atom is -0.452 e. The van der Waals surface area contributed by atoms with Gasteiger partial charge < -0.3 is 15.0 Å². The van der Waals surface area contributed by atoms with Crippen molar-refractivity contribution in [2.45, 2.75) is 26.2 Å². The van der Waals surface area contributed by atoms with Crippen molar-refractivity contribution in [3.05, 3.63) is 65.2 Å². The summed E-state index contributed by atoms with van der Waals surface area (Å²) in [6, 6.07) is 14.8. The molecule has 1 saturated heterocycles. The Morgan fingerprint density at radius 2 is 1.86 bits per heavy atom. The lowest BCUT2D eigenvalue weighted by Gasteiger charge is -2.18. The van der Waals surface area contributed by atoms with Crippen LogP contribution in [0.4, 0.5) is 5.69 Å². The second-order valence-electron chi connectivity index (χ2n) is 6.77. The van der Waals surface area contributed by atoms with Gasteiger partial charge in [0.05, 0.1) is 11.3 Å². The van der Waals surface area contributed by atoms with E-state index in [0.717, 1.165) is 6.42 Å². The summed E-state index contributed by atoms with van der Waals surface area (Å²) >= 11 is 0. The fraction of sp³-hybridized carbons (Fsp3) is 0.318. The van der Waals surface area contributed by atoms with Crippen molar-refractivity contribution in [2.24, 2.45) is 0 Å². The maximum Gasteiger partial charge on any atom is 0.340 e. The van der Waals surface area contributed by atoms with Crippen LogP contribution in [0.5, 0.6) is 0 Å². The molecule has 1 N–H and O–H groups in total. The molecule has 0 atom stereocenters. The molecule has 2 aromatic carbocycles. The summed E-state index contributed by atoms with van der Waals surface area (Å²) in [5.41, 5.74) is 3.18. The molecule has 1 aliphatic rings. The van der Waals surface area contributed by atoms with Crippen molar-refractivity contribution in [3.8, 4) is 0 Å². The van der Waals surface area contributed by atoms with Crippen molar-refractivity contribution in [1.82, 2.24) is 5.32 Å². The highest BCUT2D eigenvalue weighted by molar-refractivity contribution is 6.03. The van der Waals surface area contributed by atoms with Gasteiger partial charge in [0.1, 0.15) is 0 Å². The van der Waals surface area contributed by atoms with Crippen molar-refractivity contribution in [2.75, 3.05) is 24.6 Å². The molecule has 0 bridgehead atoms. The number of benzene rings is 2. The number of hydrogen-bond acceptors (Lipinski definition) is 4. The van der Waals surface area contributed by atoms with E-state index in [1.54, 1.807) is 29.2 Å². The fourth-order valence-corrected chi connectivity index (χ4v) is 3.27. The van der Waals surface area contributed by atoms with Gasteiger partial charge in [0.15, 0.2) is 6.61 Å². The van der Waals surface area contributed by atoms with Crippen LogP contribution in [0.3, 0.4) is 0 Å². The number of carbonyl (C=O) groups is 3. The molecule has 0 radical (unpaired) electrons. The first-order chi connectivity index (χ1) is 13.6. The molecule has 146 valence electrons. The summed E-state index contributed by atoms with van der Waals surface area (Å²) < 4.78 is 5.16. The molecule has 28 heavy (non-hydrogen) atoms. The van der Waals surface area contributed by atoms with Crippen molar-refractivity contribution >= 4 is 23.5 Å². The Hall–Kier alpha value is -3.15. The molecule has 0 unspecified atom stereocenters. The zero-order valence-corrected chi connectivity index (χ0v) is 15.9. The molecule has 1 heterocycles. The smallest absolute Gasteiger partial charge is 0.340 e. The van der Waals surface area contributed by atoms with Gasteiger partial charge in [-0.2, -0.15) is 0 Å². The molecule has 1 aliphatic heterocycles. The van der Waals surface area contributed by atoms with Crippen LogP contribution in [-0.2, 0) is 20.7 Å². The summed E-state index contributed by atoms with van der Waals surface area (Å²) in [5, 5.41) is 2.76. The lowest BCUT2D eigenvalue weighted by atomic mass is 10.1. The molecule has 2 amide bonds. The van der Waals surface area contributed by atoms with E-state index in [-0.39, 0.29) is 18.4 Å². The van der Waals surface area contributed by atoms with Crippen molar-refractivity contribution in [1.29, 1.82) is 0 Å². The Morgan fingerprint density at radius 3 is 2.61 bits per heavy atom. The van der Waals surface area contributed by atoms with E-state index in [0.29, 0.717) is 37.2 Å². The second kappa shape index (κ2) is 9.17. The van der Waals surface area contributed by atoms with Gasteiger partial charge in [0, 0.05) is 19.5 Å². The SMILES string of the molecule is Cc1ccccc1CCNC(=O)COC(=O)c1ccccc1N1CCCC1=O. The predicted molar refractivity (Wildman–Crippen MR) is 106 cm³/mol. The number of rotatable bonds is 7. The van der Waals surface area contributed by atoms with Gasteiger partial charge in [-0.1, -0.05) is 36.4 Å². The lowest BCUT2D eigenvalue weighted by Crippen LogP contribution is -2.31. The average molecular weight is 380 g/mol. The summed E-state index contributed by atoms with van der Waals surface area (Å²) in [6.45, 7) is 2.74. The van der Waals surface area contributed by atoms with Gasteiger partial charge in [-0.3, -0.25) is 9.59 Å². The number of amides is 2. The number of para-hydroxylation sites is 1. The number of nitrogens with one attached hydrogen (secondary N) is 1. The van der Waals surface area contributed by atoms with Crippen LogP contribution >= 0.6 is 0 Å². The minimum absolute atomic E-state index is 0.00537. The summed E-state index contributed by atoms with van der Waals surface area (Å²) in [6.07, 6.45) is 1.96. The lowest BCUT2D eigenvalue weighted by molar-refractivity contribution is -0.124. The van der Waals surface area contributed by atoms with Gasteiger partial charge >= 0.3 is 5.97 Å². The van der Waals surface area contributed by atoms with Gasteiger partial charge in [0.2, 0.25) is 5.91 Å². The predicted octanol–water partition coefficient (Wildman–Crippen LogP) is 2.64. The zero-order valence-electron chi connectivity index (χ0n) is 15.9. The second-order valence-corrected chi connectivity index (χ2v) is 6.77. The zero-order chi connectivity index (χ0) is 19.9. The average Bonchev–Trinajstić information content (AvgIpc) is 3.13. The molecule has 6 heteroatoms. The Morgan fingerprint density at radius 1 is 1.11 bits per heavy atom. The number of hydrogen-bond donors (Lipinski definition) is 1. The fourth-order valence-electron chi connectivity index (χ4n) is 3.27. The van der Waals surface area contributed by atoms with Gasteiger partial charge in [0.25, 0.3) is 5.91 Å². The topological polar surface area (TPSA) is 75.7 Å².